The number of para-hydroxylation sites is 3. The zero-order valence-electron chi connectivity index (χ0n) is 28.1. The van der Waals surface area contributed by atoms with Crippen molar-refractivity contribution in [1.82, 2.24) is 9.13 Å². The lowest BCUT2D eigenvalue weighted by Crippen LogP contribution is -1.98. The van der Waals surface area contributed by atoms with Crippen LogP contribution in [0.3, 0.4) is 0 Å². The molecule has 0 saturated heterocycles. The highest BCUT2D eigenvalue weighted by Crippen LogP contribution is 2.43. The lowest BCUT2D eigenvalue weighted by atomic mass is 10.00. The van der Waals surface area contributed by atoms with Crippen LogP contribution in [0.15, 0.2) is 167 Å². The molecule has 0 bridgehead atoms. The first-order valence-electron chi connectivity index (χ1n) is 18.0. The SMILES string of the molecule is C1=CCCC(n2c3ccc(-c4ccc5c(c4)c4cc6c(cc4n5-c4ccccc4)oc4ccccc46)cc3c3cc4c(cc32)oc2ccccc24)=C1. The predicted molar refractivity (Wildman–Crippen MR) is 216 cm³/mol. The molecule has 7 aromatic carbocycles. The average Bonchev–Trinajstić information content (AvgIpc) is 3.93. The molecular weight excluding hydrogens is 637 g/mol. The van der Waals surface area contributed by atoms with Gasteiger partial charge in [-0.2, -0.15) is 0 Å². The van der Waals surface area contributed by atoms with Gasteiger partial charge in [0, 0.05) is 66.6 Å². The molecule has 11 aromatic rings. The summed E-state index contributed by atoms with van der Waals surface area (Å²) in [6, 6.07) is 50.4. The van der Waals surface area contributed by atoms with Gasteiger partial charge < -0.3 is 18.0 Å². The molecule has 12 rings (SSSR count). The maximum absolute atomic E-state index is 6.39. The van der Waals surface area contributed by atoms with Crippen LogP contribution in [-0.4, -0.2) is 9.13 Å². The van der Waals surface area contributed by atoms with Crippen LogP contribution in [0.5, 0.6) is 0 Å². The second-order valence-corrected chi connectivity index (χ2v) is 14.0. The van der Waals surface area contributed by atoms with E-state index >= 15 is 0 Å². The van der Waals surface area contributed by atoms with Crippen molar-refractivity contribution < 1.29 is 8.83 Å². The summed E-state index contributed by atoms with van der Waals surface area (Å²) in [6.07, 6.45) is 8.73. The number of hydrogen-bond donors (Lipinski definition) is 0. The van der Waals surface area contributed by atoms with Crippen LogP contribution in [-0.2, 0) is 0 Å². The first-order valence-corrected chi connectivity index (χ1v) is 18.0. The molecular formula is C48H30N2O2. The number of aromatic nitrogens is 2. The van der Waals surface area contributed by atoms with Gasteiger partial charge in [-0.25, -0.2) is 0 Å². The Balaban J connectivity index is 1.13. The topological polar surface area (TPSA) is 36.1 Å². The van der Waals surface area contributed by atoms with Gasteiger partial charge in [0.15, 0.2) is 0 Å². The largest absolute Gasteiger partial charge is 0.456 e. The van der Waals surface area contributed by atoms with Gasteiger partial charge >= 0.3 is 0 Å². The van der Waals surface area contributed by atoms with Gasteiger partial charge in [-0.15, -0.1) is 0 Å². The Hall–Kier alpha value is -6.78. The maximum atomic E-state index is 6.39. The molecule has 0 spiro atoms. The van der Waals surface area contributed by atoms with Gasteiger partial charge in [0.1, 0.15) is 22.3 Å². The van der Waals surface area contributed by atoms with Crippen molar-refractivity contribution >= 4 is 93.2 Å². The minimum Gasteiger partial charge on any atom is -0.456 e. The summed E-state index contributed by atoms with van der Waals surface area (Å²) in [4.78, 5) is 0. The Morgan fingerprint density at radius 2 is 0.942 bits per heavy atom. The summed E-state index contributed by atoms with van der Waals surface area (Å²) in [7, 11) is 0. The monoisotopic (exact) mass is 666 g/mol. The van der Waals surface area contributed by atoms with Crippen molar-refractivity contribution in [2.45, 2.75) is 12.8 Å². The van der Waals surface area contributed by atoms with Crippen molar-refractivity contribution in [3.8, 4) is 16.8 Å². The van der Waals surface area contributed by atoms with Crippen LogP contribution in [0.1, 0.15) is 12.8 Å². The Morgan fingerprint density at radius 1 is 0.404 bits per heavy atom. The second kappa shape index (κ2) is 10.4. The van der Waals surface area contributed by atoms with Gasteiger partial charge in [-0.05, 0) is 90.7 Å². The number of allylic oxidation sites excluding steroid dienone is 4. The van der Waals surface area contributed by atoms with Crippen LogP contribution >= 0.6 is 0 Å². The van der Waals surface area contributed by atoms with Crippen molar-refractivity contribution in [2.24, 2.45) is 0 Å². The van der Waals surface area contributed by atoms with E-state index in [9.17, 15) is 0 Å². The third kappa shape index (κ3) is 3.86. The minimum absolute atomic E-state index is 0.902. The Morgan fingerprint density at radius 3 is 1.54 bits per heavy atom. The lowest BCUT2D eigenvalue weighted by Gasteiger charge is -2.14. The molecule has 52 heavy (non-hydrogen) atoms. The fraction of sp³-hybridized carbons (Fsp3) is 0.0417. The number of rotatable bonds is 3. The van der Waals surface area contributed by atoms with Gasteiger partial charge in [-0.1, -0.05) is 78.9 Å². The predicted octanol–water partition coefficient (Wildman–Crippen LogP) is 13.5. The van der Waals surface area contributed by atoms with Crippen LogP contribution in [0.2, 0.25) is 0 Å². The first-order chi connectivity index (χ1) is 25.8. The number of benzene rings is 7. The first kappa shape index (κ1) is 28.0. The Bertz CT molecular complexity index is 3340. The van der Waals surface area contributed by atoms with Gasteiger partial charge in [0.05, 0.1) is 22.1 Å². The second-order valence-electron chi connectivity index (χ2n) is 14.0. The molecule has 0 radical (unpaired) electrons. The standard InChI is InChI=1S/C48H30N2O2/c1-3-11-31(12-4-1)49-41-21-19-29(23-35(41)37-25-39-33-15-7-9-17-45(33)51-47(39)27-43(37)49)30-20-22-42-36(24-30)38-26-40-34-16-8-10-18-46(34)52-48(40)28-44(38)50(42)32-13-5-2-6-14-32/h1-5,7-13,15-28H,6,14H2. The van der Waals surface area contributed by atoms with Gasteiger partial charge in [0.25, 0.3) is 0 Å². The zero-order valence-corrected chi connectivity index (χ0v) is 28.1. The highest BCUT2D eigenvalue weighted by molar-refractivity contribution is 6.20. The third-order valence-electron chi connectivity index (χ3n) is 11.2. The molecule has 0 N–H and O–H groups in total. The summed E-state index contributed by atoms with van der Waals surface area (Å²) < 4.78 is 17.6. The molecule has 0 aliphatic heterocycles. The molecule has 0 fully saturated rings. The Labute approximate surface area is 297 Å². The molecule has 0 amide bonds. The van der Waals surface area contributed by atoms with Gasteiger partial charge in [-0.3, -0.25) is 0 Å². The van der Waals surface area contributed by atoms with Crippen molar-refractivity contribution in [1.29, 1.82) is 0 Å². The molecule has 4 heteroatoms. The molecule has 1 aliphatic carbocycles. The Kier molecular flexibility index (Phi) is 5.58. The summed E-state index contributed by atoms with van der Waals surface area (Å²) in [5.74, 6) is 0. The summed E-state index contributed by atoms with van der Waals surface area (Å²) >= 11 is 0. The molecule has 4 nitrogen and oxygen atoms in total. The number of nitrogens with zero attached hydrogens (tertiary/aromatic N) is 2. The highest BCUT2D eigenvalue weighted by atomic mass is 16.3. The van der Waals surface area contributed by atoms with Crippen LogP contribution in [0, 0.1) is 0 Å². The van der Waals surface area contributed by atoms with E-state index in [1.165, 1.54) is 54.9 Å². The molecule has 0 atom stereocenters. The van der Waals surface area contributed by atoms with Crippen molar-refractivity contribution in [3.63, 3.8) is 0 Å². The summed E-state index contributed by atoms with van der Waals surface area (Å²) in [5.41, 5.74) is 13.2. The van der Waals surface area contributed by atoms with E-state index in [4.69, 9.17) is 8.83 Å². The van der Waals surface area contributed by atoms with E-state index in [1.54, 1.807) is 0 Å². The molecule has 0 unspecified atom stereocenters. The number of hydrogen-bond acceptors (Lipinski definition) is 2. The van der Waals surface area contributed by atoms with Crippen molar-refractivity contribution in [3.05, 3.63) is 158 Å². The van der Waals surface area contributed by atoms with E-state index < -0.39 is 0 Å². The lowest BCUT2D eigenvalue weighted by molar-refractivity contribution is 0.669. The smallest absolute Gasteiger partial charge is 0.137 e. The fourth-order valence-electron chi connectivity index (χ4n) is 8.78. The van der Waals surface area contributed by atoms with Crippen LogP contribution in [0.4, 0.5) is 0 Å². The third-order valence-corrected chi connectivity index (χ3v) is 11.2. The quantitative estimate of drug-likeness (QED) is 0.188. The molecule has 1 aliphatic rings. The summed E-state index contributed by atoms with van der Waals surface area (Å²) in [5, 5.41) is 9.49. The maximum Gasteiger partial charge on any atom is 0.137 e. The van der Waals surface area contributed by atoms with E-state index in [2.05, 4.69) is 155 Å². The normalized spacial score (nSPS) is 13.7. The van der Waals surface area contributed by atoms with Crippen LogP contribution in [0.25, 0.3) is 110 Å². The van der Waals surface area contributed by atoms with E-state index in [1.807, 2.05) is 12.1 Å². The summed E-state index contributed by atoms with van der Waals surface area (Å²) in [6.45, 7) is 0. The fourth-order valence-corrected chi connectivity index (χ4v) is 8.78. The van der Waals surface area contributed by atoms with Crippen molar-refractivity contribution in [2.75, 3.05) is 0 Å². The van der Waals surface area contributed by atoms with Gasteiger partial charge in [0.2, 0.25) is 0 Å². The molecule has 244 valence electrons. The van der Waals surface area contributed by atoms with E-state index in [0.717, 1.165) is 67.9 Å². The highest BCUT2D eigenvalue weighted by Gasteiger charge is 2.20. The zero-order chi connectivity index (χ0) is 33.9. The van der Waals surface area contributed by atoms with Crippen LogP contribution < -0.4 is 0 Å². The molecule has 4 aromatic heterocycles. The van der Waals surface area contributed by atoms with E-state index in [0.29, 0.717) is 0 Å². The molecule has 0 saturated carbocycles. The van der Waals surface area contributed by atoms with E-state index in [-0.39, 0.29) is 0 Å². The number of fused-ring (bicyclic) bond motifs is 12. The minimum atomic E-state index is 0.902. The average molecular weight is 667 g/mol. The number of furan rings is 2. The molecule has 4 heterocycles.